The van der Waals surface area contributed by atoms with Crippen molar-refractivity contribution >= 4 is 5.91 Å². The molecule has 1 amide bonds. The van der Waals surface area contributed by atoms with Gasteiger partial charge in [0.1, 0.15) is 19.0 Å². The van der Waals surface area contributed by atoms with E-state index in [2.05, 4.69) is 16.7 Å². The minimum Gasteiger partial charge on any atom is -0.492 e. The normalized spacial score (nSPS) is 18.0. The van der Waals surface area contributed by atoms with Gasteiger partial charge in [-0.3, -0.25) is 9.69 Å². The zero-order valence-electron chi connectivity index (χ0n) is 11.9. The second-order valence-electron chi connectivity index (χ2n) is 4.93. The molecule has 1 heterocycles. The van der Waals surface area contributed by atoms with Crippen molar-refractivity contribution in [2.45, 2.75) is 18.9 Å². The fraction of sp³-hybridized carbons (Fsp3) is 0.438. The Morgan fingerprint density at radius 3 is 2.86 bits per heavy atom. The largest absolute Gasteiger partial charge is 0.492 e. The van der Waals surface area contributed by atoms with E-state index in [9.17, 15) is 4.79 Å². The third-order valence-electron chi connectivity index (χ3n) is 3.51. The number of nitrogens with zero attached hydrogens (tertiary/aromatic N) is 1. The fourth-order valence-electron chi connectivity index (χ4n) is 2.47. The van der Waals surface area contributed by atoms with Crippen LogP contribution in [0.25, 0.3) is 0 Å². The Labute approximate surface area is 124 Å². The Hall–Kier alpha value is -2.03. The van der Waals surface area contributed by atoms with Crippen LogP contribution in [0.4, 0.5) is 0 Å². The number of aliphatic hydroxyl groups excluding tert-OH is 1. The average Bonchev–Trinajstić information content (AvgIpc) is 2.95. The van der Waals surface area contributed by atoms with Crippen molar-refractivity contribution in [2.24, 2.45) is 5.73 Å². The number of amides is 1. The summed E-state index contributed by atoms with van der Waals surface area (Å²) in [6.45, 7) is 1.97. The molecule has 0 aliphatic carbocycles. The number of benzene rings is 1. The molecule has 2 rings (SSSR count). The number of hydrogen-bond acceptors (Lipinski definition) is 4. The van der Waals surface area contributed by atoms with E-state index in [1.165, 1.54) is 0 Å². The van der Waals surface area contributed by atoms with Crippen molar-refractivity contribution in [1.82, 2.24) is 4.90 Å². The predicted octanol–water partition coefficient (Wildman–Crippen LogP) is 0.359. The van der Waals surface area contributed by atoms with Crippen molar-refractivity contribution in [1.29, 1.82) is 0 Å². The van der Waals surface area contributed by atoms with Crippen molar-refractivity contribution in [2.75, 3.05) is 26.3 Å². The quantitative estimate of drug-likeness (QED) is 0.767. The molecule has 1 atom stereocenters. The minimum absolute atomic E-state index is 0.144. The van der Waals surface area contributed by atoms with E-state index < -0.39 is 0 Å². The summed E-state index contributed by atoms with van der Waals surface area (Å²) in [6, 6.07) is 7.23. The summed E-state index contributed by atoms with van der Waals surface area (Å²) in [5, 5.41) is 8.63. The average molecular weight is 288 g/mol. The summed E-state index contributed by atoms with van der Waals surface area (Å²) < 4.78 is 5.66. The van der Waals surface area contributed by atoms with Gasteiger partial charge in [-0.15, -0.1) is 0 Å². The molecule has 0 saturated carbocycles. The Kier molecular flexibility index (Phi) is 5.61. The molecule has 0 radical (unpaired) electrons. The predicted molar refractivity (Wildman–Crippen MR) is 79.7 cm³/mol. The molecule has 0 aromatic heterocycles. The number of hydrogen-bond donors (Lipinski definition) is 2. The van der Waals surface area contributed by atoms with E-state index in [4.69, 9.17) is 15.6 Å². The second-order valence-corrected chi connectivity index (χ2v) is 4.93. The maximum absolute atomic E-state index is 11.3. The van der Waals surface area contributed by atoms with Gasteiger partial charge in [0.2, 0.25) is 5.91 Å². The molecule has 1 aromatic carbocycles. The molecule has 112 valence electrons. The Balaban J connectivity index is 1.79. The number of aliphatic hydroxyl groups is 1. The molecule has 1 unspecified atom stereocenters. The molecule has 3 N–H and O–H groups in total. The SMILES string of the molecule is NC(=O)C1CCCN1CCOc1ccc(C#CCO)cc1. The zero-order valence-corrected chi connectivity index (χ0v) is 11.9. The molecule has 0 bridgehead atoms. The van der Waals surface area contributed by atoms with Gasteiger partial charge in [-0.25, -0.2) is 0 Å². The van der Waals surface area contributed by atoms with Gasteiger partial charge in [-0.1, -0.05) is 11.8 Å². The van der Waals surface area contributed by atoms with Gasteiger partial charge in [-0.05, 0) is 43.7 Å². The molecule has 1 saturated heterocycles. The number of ether oxygens (including phenoxy) is 1. The van der Waals surface area contributed by atoms with Gasteiger partial charge in [0.25, 0.3) is 0 Å². The van der Waals surface area contributed by atoms with Gasteiger partial charge in [0.15, 0.2) is 0 Å². The number of likely N-dealkylation sites (tertiary alicyclic amines) is 1. The summed E-state index contributed by atoms with van der Waals surface area (Å²) >= 11 is 0. The van der Waals surface area contributed by atoms with Gasteiger partial charge in [-0.2, -0.15) is 0 Å². The standard InChI is InChI=1S/C16H20N2O3/c17-16(20)15-4-1-9-18(15)10-12-21-14-7-5-13(6-8-14)3-2-11-19/h5-8,15,19H,1,4,9-12H2,(H2,17,20). The third kappa shape index (κ3) is 4.48. The van der Waals surface area contributed by atoms with Gasteiger partial charge >= 0.3 is 0 Å². The number of carbonyl (C=O) groups is 1. The van der Waals surface area contributed by atoms with E-state index >= 15 is 0 Å². The number of rotatable bonds is 5. The lowest BCUT2D eigenvalue weighted by atomic mass is 10.2. The molecule has 1 fully saturated rings. The smallest absolute Gasteiger partial charge is 0.234 e. The Morgan fingerprint density at radius 2 is 2.19 bits per heavy atom. The lowest BCUT2D eigenvalue weighted by Crippen LogP contribution is -2.42. The van der Waals surface area contributed by atoms with E-state index in [0.717, 1.165) is 30.7 Å². The van der Waals surface area contributed by atoms with E-state index in [0.29, 0.717) is 13.2 Å². The van der Waals surface area contributed by atoms with Gasteiger partial charge in [0.05, 0.1) is 6.04 Å². The van der Waals surface area contributed by atoms with Crippen molar-refractivity contribution < 1.29 is 14.6 Å². The maximum atomic E-state index is 11.3. The molecule has 5 heteroatoms. The van der Waals surface area contributed by atoms with Crippen molar-refractivity contribution in [3.05, 3.63) is 29.8 Å². The van der Waals surface area contributed by atoms with E-state index in [1.54, 1.807) is 0 Å². The molecule has 5 nitrogen and oxygen atoms in total. The van der Waals surface area contributed by atoms with Crippen LogP contribution in [0, 0.1) is 11.8 Å². The first-order valence-electron chi connectivity index (χ1n) is 7.06. The van der Waals surface area contributed by atoms with Crippen LogP contribution in [0.2, 0.25) is 0 Å². The highest BCUT2D eigenvalue weighted by Gasteiger charge is 2.28. The summed E-state index contributed by atoms with van der Waals surface area (Å²) in [6.07, 6.45) is 1.85. The van der Waals surface area contributed by atoms with Crippen LogP contribution >= 0.6 is 0 Å². The molecule has 1 aliphatic heterocycles. The van der Waals surface area contributed by atoms with Crippen LogP contribution in [-0.4, -0.2) is 48.3 Å². The van der Waals surface area contributed by atoms with Crippen LogP contribution in [0.1, 0.15) is 18.4 Å². The van der Waals surface area contributed by atoms with Crippen LogP contribution in [0.3, 0.4) is 0 Å². The first kappa shape index (κ1) is 15.4. The molecular formula is C16H20N2O3. The highest BCUT2D eigenvalue weighted by Crippen LogP contribution is 2.17. The number of primary amides is 1. The molecule has 1 aliphatic rings. The first-order valence-corrected chi connectivity index (χ1v) is 7.06. The molecule has 0 spiro atoms. The molecule has 21 heavy (non-hydrogen) atoms. The summed E-state index contributed by atoms with van der Waals surface area (Å²) in [5.74, 6) is 5.93. The van der Waals surface area contributed by atoms with Crippen LogP contribution in [0.5, 0.6) is 5.75 Å². The molecule has 1 aromatic rings. The Morgan fingerprint density at radius 1 is 1.43 bits per heavy atom. The van der Waals surface area contributed by atoms with Crippen molar-refractivity contribution in [3.63, 3.8) is 0 Å². The summed E-state index contributed by atoms with van der Waals surface area (Å²) in [7, 11) is 0. The maximum Gasteiger partial charge on any atom is 0.234 e. The second kappa shape index (κ2) is 7.67. The van der Waals surface area contributed by atoms with Crippen LogP contribution in [0.15, 0.2) is 24.3 Å². The highest BCUT2D eigenvalue weighted by molar-refractivity contribution is 5.80. The van der Waals surface area contributed by atoms with E-state index in [-0.39, 0.29) is 18.6 Å². The van der Waals surface area contributed by atoms with Crippen molar-refractivity contribution in [3.8, 4) is 17.6 Å². The van der Waals surface area contributed by atoms with E-state index in [1.807, 2.05) is 24.3 Å². The first-order chi connectivity index (χ1) is 10.2. The van der Waals surface area contributed by atoms with Crippen LogP contribution < -0.4 is 10.5 Å². The molecular weight excluding hydrogens is 268 g/mol. The lowest BCUT2D eigenvalue weighted by molar-refractivity contribution is -0.122. The lowest BCUT2D eigenvalue weighted by Gasteiger charge is -2.21. The minimum atomic E-state index is -0.251. The Bertz CT molecular complexity index is 531. The summed E-state index contributed by atoms with van der Waals surface area (Å²) in [5.41, 5.74) is 6.21. The van der Waals surface area contributed by atoms with Gasteiger partial charge < -0.3 is 15.6 Å². The number of carbonyl (C=O) groups excluding carboxylic acids is 1. The number of nitrogens with two attached hydrogens (primary N) is 1. The topological polar surface area (TPSA) is 75.8 Å². The monoisotopic (exact) mass is 288 g/mol. The van der Waals surface area contributed by atoms with Crippen LogP contribution in [-0.2, 0) is 4.79 Å². The zero-order chi connectivity index (χ0) is 15.1. The highest BCUT2D eigenvalue weighted by atomic mass is 16.5. The fourth-order valence-corrected chi connectivity index (χ4v) is 2.47. The van der Waals surface area contributed by atoms with Gasteiger partial charge in [0, 0.05) is 12.1 Å². The summed E-state index contributed by atoms with van der Waals surface area (Å²) in [4.78, 5) is 13.4. The third-order valence-corrected chi connectivity index (χ3v) is 3.51.